The van der Waals surface area contributed by atoms with Gasteiger partial charge in [0.2, 0.25) is 11.9 Å². The highest BCUT2D eigenvalue weighted by atomic mass is 19.1. The molecule has 0 N–H and O–H groups in total. The molecule has 0 spiro atoms. The van der Waals surface area contributed by atoms with Crippen molar-refractivity contribution in [2.24, 2.45) is 0 Å². The molecular weight excluding hydrogens is 405 g/mol. The molecule has 1 aliphatic heterocycles. The molecule has 1 fully saturated rings. The molecule has 1 atom stereocenters. The van der Waals surface area contributed by atoms with Gasteiger partial charge in [0.15, 0.2) is 0 Å². The van der Waals surface area contributed by atoms with Crippen molar-refractivity contribution in [3.8, 4) is 11.1 Å². The van der Waals surface area contributed by atoms with Crippen LogP contribution in [0.15, 0.2) is 48.9 Å². The van der Waals surface area contributed by atoms with E-state index in [-0.39, 0.29) is 24.2 Å². The number of halogens is 1. The smallest absolute Gasteiger partial charge is 0.227 e. The van der Waals surface area contributed by atoms with Crippen LogP contribution in [0.2, 0.25) is 0 Å². The Balaban J connectivity index is 1.73. The van der Waals surface area contributed by atoms with Crippen molar-refractivity contribution in [2.45, 2.75) is 38.6 Å². The Morgan fingerprint density at radius 1 is 1.12 bits per heavy atom. The third-order valence-corrected chi connectivity index (χ3v) is 5.92. The van der Waals surface area contributed by atoms with Crippen molar-refractivity contribution < 1.29 is 9.18 Å². The maximum atomic E-state index is 13.3. The maximum absolute atomic E-state index is 13.3. The monoisotopic (exact) mass is 433 g/mol. The molecule has 3 aromatic rings. The second-order valence-corrected chi connectivity index (χ2v) is 8.46. The van der Waals surface area contributed by atoms with Gasteiger partial charge in [-0.2, -0.15) is 0 Å². The van der Waals surface area contributed by atoms with Crippen molar-refractivity contribution >= 4 is 11.9 Å². The molecule has 0 radical (unpaired) electrons. The number of piperidine rings is 1. The Morgan fingerprint density at radius 2 is 1.91 bits per heavy atom. The lowest BCUT2D eigenvalue weighted by atomic mass is 9.92. The Kier molecular flexibility index (Phi) is 6.44. The summed E-state index contributed by atoms with van der Waals surface area (Å²) in [5.74, 6) is 0.349. The molecule has 32 heavy (non-hydrogen) atoms. The molecule has 7 heteroatoms. The highest BCUT2D eigenvalue weighted by molar-refractivity contribution is 5.80. The number of anilines is 1. The van der Waals surface area contributed by atoms with Crippen molar-refractivity contribution in [1.82, 2.24) is 19.9 Å². The van der Waals surface area contributed by atoms with Crippen LogP contribution in [0.3, 0.4) is 0 Å². The molecule has 0 unspecified atom stereocenters. The number of rotatable bonds is 5. The molecule has 1 aromatic carbocycles. The minimum atomic E-state index is -0.299. The molecule has 6 nitrogen and oxygen atoms in total. The van der Waals surface area contributed by atoms with Gasteiger partial charge in [-0.1, -0.05) is 12.1 Å². The lowest BCUT2D eigenvalue weighted by Gasteiger charge is -2.36. The number of hydrogen-bond acceptors (Lipinski definition) is 5. The summed E-state index contributed by atoms with van der Waals surface area (Å²) in [7, 11) is 3.82. The molecule has 0 bridgehead atoms. The molecule has 3 heterocycles. The van der Waals surface area contributed by atoms with E-state index in [1.165, 1.54) is 12.1 Å². The zero-order valence-electron chi connectivity index (χ0n) is 18.8. The lowest BCUT2D eigenvalue weighted by molar-refractivity contribution is -0.134. The third-order valence-electron chi connectivity index (χ3n) is 5.92. The van der Waals surface area contributed by atoms with E-state index >= 15 is 0 Å². The molecule has 0 saturated carbocycles. The van der Waals surface area contributed by atoms with Crippen molar-refractivity contribution in [1.29, 1.82) is 0 Å². The molecule has 0 aliphatic carbocycles. The SMILES string of the molecule is Cc1cnccc1-c1cnc(N(C)C)nc1[C@@H]1CCCCN1C(=O)Cc1ccc(F)cc1. The maximum Gasteiger partial charge on any atom is 0.227 e. The minimum Gasteiger partial charge on any atom is -0.347 e. The van der Waals surface area contributed by atoms with E-state index in [9.17, 15) is 9.18 Å². The summed E-state index contributed by atoms with van der Waals surface area (Å²) in [5.41, 5.74) is 4.67. The zero-order chi connectivity index (χ0) is 22.7. The van der Waals surface area contributed by atoms with Crippen LogP contribution in [-0.2, 0) is 11.2 Å². The normalized spacial score (nSPS) is 16.1. The van der Waals surface area contributed by atoms with Crippen LogP contribution >= 0.6 is 0 Å². The Labute approximate surface area is 188 Å². The number of carbonyl (C=O) groups excluding carboxylic acids is 1. The lowest BCUT2D eigenvalue weighted by Crippen LogP contribution is -2.40. The van der Waals surface area contributed by atoms with Gasteiger partial charge < -0.3 is 9.80 Å². The summed E-state index contributed by atoms with van der Waals surface area (Å²) < 4.78 is 13.3. The number of carbonyl (C=O) groups is 1. The summed E-state index contributed by atoms with van der Waals surface area (Å²) in [6, 6.07) is 7.98. The fraction of sp³-hybridized carbons (Fsp3) is 0.360. The number of hydrogen-bond donors (Lipinski definition) is 0. The van der Waals surface area contributed by atoms with E-state index in [4.69, 9.17) is 4.98 Å². The van der Waals surface area contributed by atoms with E-state index in [2.05, 4.69) is 9.97 Å². The van der Waals surface area contributed by atoms with Gasteiger partial charge in [-0.25, -0.2) is 14.4 Å². The van der Waals surface area contributed by atoms with Gasteiger partial charge in [-0.15, -0.1) is 0 Å². The molecule has 2 aromatic heterocycles. The number of aryl methyl sites for hydroxylation is 1. The van der Waals surface area contributed by atoms with Gasteiger partial charge >= 0.3 is 0 Å². The highest BCUT2D eigenvalue weighted by Crippen LogP contribution is 2.37. The fourth-order valence-electron chi connectivity index (χ4n) is 4.23. The minimum absolute atomic E-state index is 0.0312. The Bertz CT molecular complexity index is 1100. The predicted molar refractivity (Wildman–Crippen MR) is 123 cm³/mol. The number of aromatic nitrogens is 3. The summed E-state index contributed by atoms with van der Waals surface area (Å²) in [6.07, 6.45) is 8.53. The summed E-state index contributed by atoms with van der Waals surface area (Å²) in [5, 5.41) is 0. The van der Waals surface area contributed by atoms with E-state index in [0.29, 0.717) is 12.5 Å². The molecule has 1 saturated heterocycles. The average molecular weight is 434 g/mol. The number of benzene rings is 1. The first-order chi connectivity index (χ1) is 15.4. The van der Waals surface area contributed by atoms with Gasteiger partial charge in [0.25, 0.3) is 0 Å². The first kappa shape index (κ1) is 21.9. The van der Waals surface area contributed by atoms with Gasteiger partial charge in [0.05, 0.1) is 18.2 Å². The summed E-state index contributed by atoms with van der Waals surface area (Å²) in [4.78, 5) is 30.8. The first-order valence-corrected chi connectivity index (χ1v) is 10.9. The standard InChI is InChI=1S/C25H28FN5O/c1-17-15-27-12-11-20(17)21-16-28-25(30(2)3)29-24(21)22-6-4-5-13-31(22)23(32)14-18-7-9-19(26)10-8-18/h7-12,15-16,22H,4-6,13-14H2,1-3H3/t22-/m0/s1. The van der Waals surface area contributed by atoms with E-state index in [0.717, 1.165) is 47.2 Å². The van der Waals surface area contributed by atoms with Gasteiger partial charge in [0, 0.05) is 44.8 Å². The van der Waals surface area contributed by atoms with Crippen molar-refractivity contribution in [3.63, 3.8) is 0 Å². The predicted octanol–water partition coefficient (Wildman–Crippen LogP) is 4.35. The van der Waals surface area contributed by atoms with Crippen LogP contribution in [0, 0.1) is 12.7 Å². The van der Waals surface area contributed by atoms with Gasteiger partial charge in [0.1, 0.15) is 5.82 Å². The van der Waals surface area contributed by atoms with E-state index in [1.807, 2.05) is 49.3 Å². The highest BCUT2D eigenvalue weighted by Gasteiger charge is 2.31. The average Bonchev–Trinajstić information content (AvgIpc) is 2.80. The quantitative estimate of drug-likeness (QED) is 0.599. The largest absolute Gasteiger partial charge is 0.347 e. The van der Waals surface area contributed by atoms with Crippen LogP contribution in [0.25, 0.3) is 11.1 Å². The van der Waals surface area contributed by atoms with Crippen LogP contribution in [0.5, 0.6) is 0 Å². The van der Waals surface area contributed by atoms with Crippen LogP contribution in [0.4, 0.5) is 10.3 Å². The van der Waals surface area contributed by atoms with Gasteiger partial charge in [-0.05, 0) is 61.1 Å². The number of nitrogens with zero attached hydrogens (tertiary/aromatic N) is 5. The van der Waals surface area contributed by atoms with Crippen LogP contribution < -0.4 is 4.90 Å². The van der Waals surface area contributed by atoms with Crippen LogP contribution in [-0.4, -0.2) is 46.4 Å². The third kappa shape index (κ3) is 4.61. The number of likely N-dealkylation sites (tertiary alicyclic amines) is 1. The summed E-state index contributed by atoms with van der Waals surface area (Å²) in [6.45, 7) is 2.70. The van der Waals surface area contributed by atoms with Crippen LogP contribution in [0.1, 0.15) is 42.1 Å². The Hall–Kier alpha value is -3.35. The molecular formula is C25H28FN5O. The topological polar surface area (TPSA) is 62.2 Å². The van der Waals surface area contributed by atoms with E-state index < -0.39 is 0 Å². The second kappa shape index (κ2) is 9.42. The molecule has 4 rings (SSSR count). The first-order valence-electron chi connectivity index (χ1n) is 10.9. The zero-order valence-corrected chi connectivity index (χ0v) is 18.8. The second-order valence-electron chi connectivity index (χ2n) is 8.46. The Morgan fingerprint density at radius 3 is 2.62 bits per heavy atom. The molecule has 166 valence electrons. The number of amides is 1. The van der Waals surface area contributed by atoms with Gasteiger partial charge in [-0.3, -0.25) is 9.78 Å². The van der Waals surface area contributed by atoms with Crippen molar-refractivity contribution in [2.75, 3.05) is 25.5 Å². The summed E-state index contributed by atoms with van der Waals surface area (Å²) >= 11 is 0. The molecule has 1 aliphatic rings. The molecule has 1 amide bonds. The number of pyridine rings is 1. The fourth-order valence-corrected chi connectivity index (χ4v) is 4.23. The van der Waals surface area contributed by atoms with E-state index in [1.54, 1.807) is 18.3 Å². The van der Waals surface area contributed by atoms with Crippen molar-refractivity contribution in [3.05, 3.63) is 71.6 Å².